The average Bonchev–Trinajstić information content (AvgIpc) is 3.33. The summed E-state index contributed by atoms with van der Waals surface area (Å²) in [6.45, 7) is 3.95. The summed E-state index contributed by atoms with van der Waals surface area (Å²) in [6.07, 6.45) is 1.14. The highest BCUT2D eigenvalue weighted by Gasteiger charge is 2.18. The van der Waals surface area contributed by atoms with E-state index in [1.807, 2.05) is 24.3 Å². The Morgan fingerprint density at radius 3 is 2.37 bits per heavy atom. The number of para-hydroxylation sites is 3. The molecule has 0 aliphatic carbocycles. The van der Waals surface area contributed by atoms with E-state index in [-0.39, 0.29) is 0 Å². The lowest BCUT2D eigenvalue weighted by atomic mass is 10.00. The van der Waals surface area contributed by atoms with Crippen LogP contribution in [0.2, 0.25) is 0 Å². The van der Waals surface area contributed by atoms with Gasteiger partial charge in [0.2, 0.25) is 6.79 Å². The maximum atomic E-state index is 8.95. The SMILES string of the molecule is COC=O.C[C@H]1Cc2c([nH]c3ccccc23)CN1.c1ccc2c(c1)OCO2. The van der Waals surface area contributed by atoms with Gasteiger partial charge in [-0.15, -0.1) is 0 Å². The van der Waals surface area contributed by atoms with E-state index in [1.54, 1.807) is 0 Å². The minimum Gasteiger partial charge on any atom is -0.471 e. The van der Waals surface area contributed by atoms with E-state index in [4.69, 9.17) is 14.3 Å². The second-order valence-electron chi connectivity index (χ2n) is 6.30. The minimum absolute atomic E-state index is 0.360. The van der Waals surface area contributed by atoms with Crippen LogP contribution >= 0.6 is 0 Å². The summed E-state index contributed by atoms with van der Waals surface area (Å²) >= 11 is 0. The maximum absolute atomic E-state index is 8.95. The van der Waals surface area contributed by atoms with E-state index >= 15 is 0 Å². The molecular formula is C21H24N2O4. The second kappa shape index (κ2) is 9.09. The van der Waals surface area contributed by atoms with Gasteiger partial charge >= 0.3 is 0 Å². The predicted octanol–water partition coefficient (Wildman–Crippen LogP) is 3.41. The molecule has 0 bridgehead atoms. The van der Waals surface area contributed by atoms with Gasteiger partial charge in [-0.05, 0) is 37.1 Å². The van der Waals surface area contributed by atoms with Crippen molar-refractivity contribution in [1.29, 1.82) is 0 Å². The molecule has 0 radical (unpaired) electrons. The molecule has 2 N–H and O–H groups in total. The highest BCUT2D eigenvalue weighted by atomic mass is 16.7. The monoisotopic (exact) mass is 368 g/mol. The number of methoxy groups -OCH3 is 1. The van der Waals surface area contributed by atoms with E-state index in [9.17, 15) is 0 Å². The van der Waals surface area contributed by atoms with Gasteiger partial charge in [-0.25, -0.2) is 0 Å². The fourth-order valence-corrected chi connectivity index (χ4v) is 3.14. The molecule has 0 saturated heterocycles. The smallest absolute Gasteiger partial charge is 0.292 e. The third-order valence-electron chi connectivity index (χ3n) is 4.41. The van der Waals surface area contributed by atoms with Crippen molar-refractivity contribution in [3.8, 4) is 11.5 Å². The van der Waals surface area contributed by atoms with Gasteiger partial charge in [0.1, 0.15) is 0 Å². The molecule has 1 atom stereocenters. The molecule has 0 unspecified atom stereocenters. The third kappa shape index (κ3) is 4.60. The Hall–Kier alpha value is -2.99. The molecule has 2 aromatic carbocycles. The Morgan fingerprint density at radius 1 is 1.07 bits per heavy atom. The molecule has 2 aliphatic rings. The van der Waals surface area contributed by atoms with Crippen LogP contribution in [0.3, 0.4) is 0 Å². The Kier molecular flexibility index (Phi) is 6.33. The summed E-state index contributed by atoms with van der Waals surface area (Å²) in [4.78, 5) is 12.4. The molecule has 6 heteroatoms. The molecule has 3 heterocycles. The zero-order chi connectivity index (χ0) is 19.1. The number of ether oxygens (including phenoxy) is 3. The number of benzene rings is 2. The Morgan fingerprint density at radius 2 is 1.70 bits per heavy atom. The average molecular weight is 368 g/mol. The topological polar surface area (TPSA) is 72.6 Å². The van der Waals surface area contributed by atoms with Crippen LogP contribution in [0.15, 0.2) is 48.5 Å². The number of carbonyl (C=O) groups excluding carboxylic acids is 1. The summed E-state index contributed by atoms with van der Waals surface area (Å²) < 4.78 is 14.0. The van der Waals surface area contributed by atoms with E-state index < -0.39 is 0 Å². The summed E-state index contributed by atoms with van der Waals surface area (Å²) in [5.74, 6) is 1.69. The largest absolute Gasteiger partial charge is 0.471 e. The normalized spacial score (nSPS) is 16.3. The summed E-state index contributed by atoms with van der Waals surface area (Å²) in [6, 6.07) is 16.8. The van der Waals surface area contributed by atoms with Crippen LogP contribution in [0.5, 0.6) is 11.5 Å². The van der Waals surface area contributed by atoms with Crippen molar-refractivity contribution < 1.29 is 19.0 Å². The highest BCUT2D eigenvalue weighted by molar-refractivity contribution is 5.84. The van der Waals surface area contributed by atoms with Crippen LogP contribution in [0.25, 0.3) is 10.9 Å². The first-order valence-corrected chi connectivity index (χ1v) is 8.85. The fourth-order valence-electron chi connectivity index (χ4n) is 3.14. The number of fused-ring (bicyclic) bond motifs is 4. The quantitative estimate of drug-likeness (QED) is 0.644. The van der Waals surface area contributed by atoms with Crippen molar-refractivity contribution in [1.82, 2.24) is 10.3 Å². The van der Waals surface area contributed by atoms with Crippen LogP contribution in [0, 0.1) is 0 Å². The molecule has 27 heavy (non-hydrogen) atoms. The van der Waals surface area contributed by atoms with E-state index in [0.29, 0.717) is 19.3 Å². The fraction of sp³-hybridized carbons (Fsp3) is 0.286. The van der Waals surface area contributed by atoms with E-state index in [2.05, 4.69) is 46.2 Å². The number of nitrogens with one attached hydrogen (secondary N) is 2. The van der Waals surface area contributed by atoms with Gasteiger partial charge < -0.3 is 24.5 Å². The van der Waals surface area contributed by atoms with Crippen molar-refractivity contribution >= 4 is 17.4 Å². The number of hydrogen-bond acceptors (Lipinski definition) is 5. The first-order chi connectivity index (χ1) is 13.2. The zero-order valence-electron chi connectivity index (χ0n) is 15.5. The van der Waals surface area contributed by atoms with Crippen molar-refractivity contribution in [2.75, 3.05) is 13.9 Å². The van der Waals surface area contributed by atoms with Gasteiger partial charge in [-0.3, -0.25) is 4.79 Å². The first kappa shape index (κ1) is 18.8. The van der Waals surface area contributed by atoms with Crippen molar-refractivity contribution in [2.45, 2.75) is 25.9 Å². The number of H-pyrrole nitrogens is 1. The van der Waals surface area contributed by atoms with Crippen LogP contribution < -0.4 is 14.8 Å². The number of rotatable bonds is 1. The standard InChI is InChI=1S/C12H14N2.C7H6O2.C2H4O2/c1-8-6-10-9-4-2-3-5-11(9)14-12(10)7-13-8;1-2-4-7-6(3-1)8-5-9-7;1-4-2-3/h2-5,8,13-14H,6-7H2,1H3;1-4H,5H2;2H,1H3/t8-;;/m0../s1. The lowest BCUT2D eigenvalue weighted by Crippen LogP contribution is -2.32. The van der Waals surface area contributed by atoms with Crippen molar-refractivity contribution in [3.05, 3.63) is 59.8 Å². The molecule has 5 rings (SSSR count). The zero-order valence-corrected chi connectivity index (χ0v) is 15.5. The third-order valence-corrected chi connectivity index (χ3v) is 4.41. The van der Waals surface area contributed by atoms with E-state index in [1.165, 1.54) is 29.3 Å². The molecule has 0 saturated carbocycles. The molecule has 3 aromatic rings. The number of carbonyl (C=O) groups is 1. The van der Waals surface area contributed by atoms with E-state index in [0.717, 1.165) is 24.5 Å². The Bertz CT molecular complexity index is 868. The van der Waals surface area contributed by atoms with Gasteiger partial charge in [-0.2, -0.15) is 0 Å². The predicted molar refractivity (Wildman–Crippen MR) is 104 cm³/mol. The molecular weight excluding hydrogens is 344 g/mol. The second-order valence-corrected chi connectivity index (χ2v) is 6.30. The van der Waals surface area contributed by atoms with Gasteiger partial charge in [0.05, 0.1) is 7.11 Å². The maximum Gasteiger partial charge on any atom is 0.292 e. The Labute approximate surface area is 158 Å². The molecule has 6 nitrogen and oxygen atoms in total. The van der Waals surface area contributed by atoms with Crippen LogP contribution in [-0.4, -0.2) is 31.4 Å². The van der Waals surface area contributed by atoms with Crippen molar-refractivity contribution in [2.24, 2.45) is 0 Å². The van der Waals surface area contributed by atoms with Crippen LogP contribution in [-0.2, 0) is 22.5 Å². The molecule has 0 amide bonds. The van der Waals surface area contributed by atoms with Crippen LogP contribution in [0.4, 0.5) is 0 Å². The number of hydrogen-bond donors (Lipinski definition) is 2. The molecule has 2 aliphatic heterocycles. The molecule has 0 fully saturated rings. The molecule has 142 valence electrons. The van der Waals surface area contributed by atoms with Crippen LogP contribution in [0.1, 0.15) is 18.2 Å². The Balaban J connectivity index is 0.000000139. The van der Waals surface area contributed by atoms with Gasteiger partial charge in [0, 0.05) is 29.2 Å². The lowest BCUT2D eigenvalue weighted by Gasteiger charge is -2.20. The first-order valence-electron chi connectivity index (χ1n) is 8.85. The minimum atomic E-state index is 0.360. The number of aromatic nitrogens is 1. The lowest BCUT2D eigenvalue weighted by molar-refractivity contribution is -0.126. The summed E-state index contributed by atoms with van der Waals surface area (Å²) in [5.41, 5.74) is 4.14. The number of aromatic amines is 1. The van der Waals surface area contributed by atoms with Gasteiger partial charge in [-0.1, -0.05) is 30.3 Å². The summed E-state index contributed by atoms with van der Waals surface area (Å²) in [7, 11) is 1.31. The van der Waals surface area contributed by atoms with Crippen molar-refractivity contribution in [3.63, 3.8) is 0 Å². The molecule has 1 aromatic heterocycles. The summed E-state index contributed by atoms with van der Waals surface area (Å²) in [5, 5.41) is 4.87. The highest BCUT2D eigenvalue weighted by Crippen LogP contribution is 2.30. The van der Waals surface area contributed by atoms with Gasteiger partial charge in [0.15, 0.2) is 11.5 Å². The molecule has 0 spiro atoms. The van der Waals surface area contributed by atoms with Gasteiger partial charge in [0.25, 0.3) is 6.47 Å².